The lowest BCUT2D eigenvalue weighted by Crippen LogP contribution is -2.46. The van der Waals surface area contributed by atoms with E-state index in [4.69, 9.17) is 4.74 Å². The maximum atomic E-state index is 11.4. The van der Waals surface area contributed by atoms with Gasteiger partial charge in [-0.3, -0.25) is 9.69 Å². The molecule has 1 N–H and O–H groups in total. The third-order valence-electron chi connectivity index (χ3n) is 3.60. The summed E-state index contributed by atoms with van der Waals surface area (Å²) in [5.41, 5.74) is 1.44. The highest BCUT2D eigenvalue weighted by atomic mass is 16.5. The van der Waals surface area contributed by atoms with Crippen molar-refractivity contribution in [3.05, 3.63) is 29.3 Å². The van der Waals surface area contributed by atoms with Crippen molar-refractivity contribution in [2.45, 2.75) is 39.5 Å². The van der Waals surface area contributed by atoms with Crippen molar-refractivity contribution in [3.8, 4) is 5.75 Å². The fraction of sp³-hybridized carbons (Fsp3) is 0.533. The van der Waals surface area contributed by atoms with Crippen LogP contribution in [0.1, 0.15) is 36.7 Å². The van der Waals surface area contributed by atoms with Gasteiger partial charge in [-0.05, 0) is 39.0 Å². The molecule has 4 heteroatoms. The molecule has 0 spiro atoms. The highest BCUT2D eigenvalue weighted by molar-refractivity contribution is 5.94. The standard InChI is InChI=1S/C15H21NO3/c1-10-9-19-11(2)7-16(10)8-14-6-13(12(3)17)4-5-15(14)18/h4-6,10-11,18H,7-9H2,1-3H3. The Balaban J connectivity index is 2.17. The number of phenolic OH excluding ortho intramolecular Hbond substituents is 1. The van der Waals surface area contributed by atoms with Crippen LogP contribution in [-0.2, 0) is 11.3 Å². The molecule has 104 valence electrons. The van der Waals surface area contributed by atoms with Crippen LogP contribution < -0.4 is 0 Å². The summed E-state index contributed by atoms with van der Waals surface area (Å²) in [5, 5.41) is 9.93. The van der Waals surface area contributed by atoms with Gasteiger partial charge in [0.2, 0.25) is 0 Å². The monoisotopic (exact) mass is 263 g/mol. The Bertz CT molecular complexity index is 472. The molecule has 0 aromatic heterocycles. The molecule has 2 unspecified atom stereocenters. The summed E-state index contributed by atoms with van der Waals surface area (Å²) in [4.78, 5) is 13.7. The number of benzene rings is 1. The molecule has 0 saturated carbocycles. The molecule has 1 aliphatic heterocycles. The summed E-state index contributed by atoms with van der Waals surface area (Å²) in [7, 11) is 0. The average molecular weight is 263 g/mol. The minimum atomic E-state index is 0.0182. The molecule has 1 fully saturated rings. The molecule has 0 aliphatic carbocycles. The van der Waals surface area contributed by atoms with E-state index in [-0.39, 0.29) is 17.6 Å². The molecule has 2 rings (SSSR count). The lowest BCUT2D eigenvalue weighted by Gasteiger charge is -2.36. The number of carbonyl (C=O) groups is 1. The van der Waals surface area contributed by atoms with Gasteiger partial charge in [0.05, 0.1) is 12.7 Å². The van der Waals surface area contributed by atoms with Gasteiger partial charge in [0.1, 0.15) is 5.75 Å². The van der Waals surface area contributed by atoms with Crippen molar-refractivity contribution in [2.24, 2.45) is 0 Å². The molecule has 0 bridgehead atoms. The first-order chi connectivity index (χ1) is 8.97. The van der Waals surface area contributed by atoms with Gasteiger partial charge < -0.3 is 9.84 Å². The van der Waals surface area contributed by atoms with E-state index in [0.717, 1.165) is 12.1 Å². The first kappa shape index (κ1) is 14.0. The summed E-state index contributed by atoms with van der Waals surface area (Å²) >= 11 is 0. The number of nitrogens with zero attached hydrogens (tertiary/aromatic N) is 1. The van der Waals surface area contributed by atoms with Gasteiger partial charge in [-0.25, -0.2) is 0 Å². The van der Waals surface area contributed by atoms with E-state index in [1.807, 2.05) is 6.92 Å². The Morgan fingerprint density at radius 2 is 2.21 bits per heavy atom. The third-order valence-corrected chi connectivity index (χ3v) is 3.60. The summed E-state index contributed by atoms with van der Waals surface area (Å²) in [5.74, 6) is 0.265. The van der Waals surface area contributed by atoms with Crippen LogP contribution in [0.4, 0.5) is 0 Å². The predicted octanol–water partition coefficient (Wildman–Crippen LogP) is 2.20. The predicted molar refractivity (Wildman–Crippen MR) is 73.4 cm³/mol. The fourth-order valence-corrected chi connectivity index (χ4v) is 2.34. The van der Waals surface area contributed by atoms with Crippen LogP contribution in [0.3, 0.4) is 0 Å². The zero-order chi connectivity index (χ0) is 14.0. The summed E-state index contributed by atoms with van der Waals surface area (Å²) in [6.45, 7) is 7.87. The lowest BCUT2D eigenvalue weighted by molar-refractivity contribution is -0.0528. The molecular formula is C15H21NO3. The van der Waals surface area contributed by atoms with Crippen LogP contribution in [-0.4, -0.2) is 41.1 Å². The van der Waals surface area contributed by atoms with Crippen LogP contribution in [0.2, 0.25) is 0 Å². The zero-order valence-corrected chi connectivity index (χ0v) is 11.7. The molecular weight excluding hydrogens is 242 g/mol. The van der Waals surface area contributed by atoms with Gasteiger partial charge in [0, 0.05) is 30.3 Å². The average Bonchev–Trinajstić information content (AvgIpc) is 2.36. The minimum Gasteiger partial charge on any atom is -0.508 e. The van der Waals surface area contributed by atoms with Crippen LogP contribution in [0.5, 0.6) is 5.75 Å². The molecule has 0 amide bonds. The Morgan fingerprint density at radius 1 is 1.47 bits per heavy atom. The second kappa shape index (κ2) is 5.72. The number of morpholine rings is 1. The molecule has 19 heavy (non-hydrogen) atoms. The van der Waals surface area contributed by atoms with E-state index >= 15 is 0 Å². The van der Waals surface area contributed by atoms with E-state index in [2.05, 4.69) is 11.8 Å². The van der Waals surface area contributed by atoms with Gasteiger partial charge in [-0.1, -0.05) is 0 Å². The van der Waals surface area contributed by atoms with Crippen LogP contribution >= 0.6 is 0 Å². The van der Waals surface area contributed by atoms with Crippen LogP contribution in [0.25, 0.3) is 0 Å². The SMILES string of the molecule is CC(=O)c1ccc(O)c(CN2CC(C)OCC2C)c1. The van der Waals surface area contributed by atoms with E-state index < -0.39 is 0 Å². The van der Waals surface area contributed by atoms with Crippen molar-refractivity contribution in [1.29, 1.82) is 0 Å². The Labute approximate surface area is 114 Å². The number of carbonyl (C=O) groups excluding carboxylic acids is 1. The zero-order valence-electron chi connectivity index (χ0n) is 11.7. The number of rotatable bonds is 3. The highest BCUT2D eigenvalue weighted by Gasteiger charge is 2.24. The van der Waals surface area contributed by atoms with E-state index in [9.17, 15) is 9.90 Å². The van der Waals surface area contributed by atoms with Gasteiger partial charge in [0.15, 0.2) is 5.78 Å². The quantitative estimate of drug-likeness (QED) is 0.849. The summed E-state index contributed by atoms with van der Waals surface area (Å²) in [6.07, 6.45) is 0.203. The largest absolute Gasteiger partial charge is 0.508 e. The Morgan fingerprint density at radius 3 is 2.89 bits per heavy atom. The van der Waals surface area contributed by atoms with E-state index in [1.54, 1.807) is 18.2 Å². The number of ketones is 1. The molecule has 2 atom stereocenters. The molecule has 1 aliphatic rings. The van der Waals surface area contributed by atoms with E-state index in [0.29, 0.717) is 24.8 Å². The van der Waals surface area contributed by atoms with Crippen LogP contribution in [0.15, 0.2) is 18.2 Å². The normalized spacial score (nSPS) is 24.4. The van der Waals surface area contributed by atoms with Gasteiger partial charge in [0.25, 0.3) is 0 Å². The van der Waals surface area contributed by atoms with Crippen LogP contribution in [0, 0.1) is 0 Å². The molecule has 1 saturated heterocycles. The number of hydrogen-bond donors (Lipinski definition) is 1. The molecule has 0 radical (unpaired) electrons. The molecule has 1 aromatic carbocycles. The fourth-order valence-electron chi connectivity index (χ4n) is 2.34. The number of Topliss-reactive ketones (excluding diaryl/α,β-unsaturated/α-hetero) is 1. The van der Waals surface area contributed by atoms with Crippen molar-refractivity contribution in [3.63, 3.8) is 0 Å². The van der Waals surface area contributed by atoms with Crippen molar-refractivity contribution in [2.75, 3.05) is 13.2 Å². The molecule has 1 heterocycles. The number of aromatic hydroxyl groups is 1. The van der Waals surface area contributed by atoms with E-state index in [1.165, 1.54) is 6.92 Å². The second-order valence-electron chi connectivity index (χ2n) is 5.32. The second-order valence-corrected chi connectivity index (χ2v) is 5.32. The Hall–Kier alpha value is -1.39. The molecule has 1 aromatic rings. The lowest BCUT2D eigenvalue weighted by atomic mass is 10.1. The highest BCUT2D eigenvalue weighted by Crippen LogP contribution is 2.23. The summed E-state index contributed by atoms with van der Waals surface area (Å²) in [6, 6.07) is 5.36. The van der Waals surface area contributed by atoms with Crippen molar-refractivity contribution < 1.29 is 14.6 Å². The van der Waals surface area contributed by atoms with Crippen molar-refractivity contribution >= 4 is 5.78 Å². The first-order valence-corrected chi connectivity index (χ1v) is 6.66. The number of ether oxygens (including phenoxy) is 1. The maximum Gasteiger partial charge on any atom is 0.159 e. The van der Waals surface area contributed by atoms with Crippen molar-refractivity contribution in [1.82, 2.24) is 4.90 Å². The third kappa shape index (κ3) is 3.33. The first-order valence-electron chi connectivity index (χ1n) is 6.66. The minimum absolute atomic E-state index is 0.0182. The number of hydrogen-bond acceptors (Lipinski definition) is 4. The number of phenols is 1. The van der Waals surface area contributed by atoms with Gasteiger partial charge in [-0.2, -0.15) is 0 Å². The smallest absolute Gasteiger partial charge is 0.159 e. The Kier molecular flexibility index (Phi) is 4.22. The summed E-state index contributed by atoms with van der Waals surface area (Å²) < 4.78 is 5.59. The maximum absolute atomic E-state index is 11.4. The van der Waals surface area contributed by atoms with Gasteiger partial charge >= 0.3 is 0 Å². The van der Waals surface area contributed by atoms with Gasteiger partial charge in [-0.15, -0.1) is 0 Å². The topological polar surface area (TPSA) is 49.8 Å². The molecule has 4 nitrogen and oxygen atoms in total.